The zero-order valence-electron chi connectivity index (χ0n) is 15.5. The number of hydrogen-bond donors (Lipinski definition) is 0. The second-order valence-corrected chi connectivity index (χ2v) is 8.14. The summed E-state index contributed by atoms with van der Waals surface area (Å²) in [4.78, 5) is 19.1. The first-order chi connectivity index (χ1) is 12.5. The summed E-state index contributed by atoms with van der Waals surface area (Å²) >= 11 is 1.54. The van der Waals surface area contributed by atoms with Crippen LogP contribution in [0.15, 0.2) is 36.4 Å². The van der Waals surface area contributed by atoms with Crippen LogP contribution in [0.25, 0.3) is 15.9 Å². The minimum Gasteiger partial charge on any atom is -0.338 e. The van der Waals surface area contributed by atoms with Crippen LogP contribution in [0.4, 0.5) is 0 Å². The highest BCUT2D eigenvalue weighted by Crippen LogP contribution is 2.31. The normalized spacial score (nSPS) is 16.3. The number of thiophene rings is 1. The lowest BCUT2D eigenvalue weighted by atomic mass is 10.0. The fourth-order valence-corrected chi connectivity index (χ4v) is 4.78. The number of carbonyl (C=O) groups excluding carboxylic acids is 1. The molecule has 0 unspecified atom stereocenters. The summed E-state index contributed by atoms with van der Waals surface area (Å²) in [6.07, 6.45) is 2.08. The standard InChI is InChI=1S/C20H24N4OS/c1-14-17-13-18(19(25)23(3)15-9-11-22(2)12-10-15)26-20(17)24(21-14)16-7-5-4-6-8-16/h4-8,13,15H,9-12H2,1-3H3. The largest absolute Gasteiger partial charge is 0.338 e. The van der Waals surface area contributed by atoms with E-state index >= 15 is 0 Å². The number of para-hydroxylation sites is 1. The monoisotopic (exact) mass is 368 g/mol. The smallest absolute Gasteiger partial charge is 0.264 e. The Kier molecular flexibility index (Phi) is 4.54. The molecule has 0 atom stereocenters. The fraction of sp³-hybridized carbons (Fsp3) is 0.400. The maximum Gasteiger partial charge on any atom is 0.264 e. The molecular weight excluding hydrogens is 344 g/mol. The molecule has 136 valence electrons. The van der Waals surface area contributed by atoms with Gasteiger partial charge in [0.2, 0.25) is 0 Å². The van der Waals surface area contributed by atoms with Crippen LogP contribution in [-0.4, -0.2) is 58.7 Å². The molecule has 3 aromatic rings. The molecule has 4 rings (SSSR count). The summed E-state index contributed by atoms with van der Waals surface area (Å²) in [5, 5.41) is 5.73. The Hall–Kier alpha value is -2.18. The summed E-state index contributed by atoms with van der Waals surface area (Å²) in [5.41, 5.74) is 1.98. The molecule has 1 saturated heterocycles. The van der Waals surface area contributed by atoms with Crippen molar-refractivity contribution >= 4 is 27.5 Å². The number of hydrogen-bond acceptors (Lipinski definition) is 4. The van der Waals surface area contributed by atoms with E-state index in [1.165, 1.54) is 11.3 Å². The van der Waals surface area contributed by atoms with Gasteiger partial charge in [0.05, 0.1) is 16.3 Å². The predicted octanol–water partition coefficient (Wildman–Crippen LogP) is 3.56. The number of amides is 1. The molecule has 1 fully saturated rings. The third-order valence-electron chi connectivity index (χ3n) is 5.31. The molecule has 0 spiro atoms. The highest BCUT2D eigenvalue weighted by Gasteiger charge is 2.26. The van der Waals surface area contributed by atoms with Gasteiger partial charge < -0.3 is 9.80 Å². The predicted molar refractivity (Wildman–Crippen MR) is 106 cm³/mol. The third-order valence-corrected chi connectivity index (χ3v) is 6.41. The number of fused-ring (bicyclic) bond motifs is 1. The molecule has 1 aliphatic heterocycles. The quantitative estimate of drug-likeness (QED) is 0.710. The van der Waals surface area contributed by atoms with Crippen molar-refractivity contribution in [2.75, 3.05) is 27.2 Å². The van der Waals surface area contributed by atoms with Crippen molar-refractivity contribution in [1.82, 2.24) is 19.6 Å². The summed E-state index contributed by atoms with van der Waals surface area (Å²) in [6.45, 7) is 4.11. The van der Waals surface area contributed by atoms with Gasteiger partial charge in [-0.2, -0.15) is 5.10 Å². The molecule has 1 aliphatic rings. The molecule has 0 N–H and O–H groups in total. The fourth-order valence-electron chi connectivity index (χ4n) is 3.62. The third kappa shape index (κ3) is 3.04. The van der Waals surface area contributed by atoms with Crippen LogP contribution >= 0.6 is 11.3 Å². The summed E-state index contributed by atoms with van der Waals surface area (Å²) < 4.78 is 1.95. The van der Waals surface area contributed by atoms with Crippen molar-refractivity contribution in [3.63, 3.8) is 0 Å². The maximum atomic E-state index is 13.0. The van der Waals surface area contributed by atoms with Gasteiger partial charge in [0.15, 0.2) is 0 Å². The zero-order chi connectivity index (χ0) is 18.3. The number of nitrogens with zero attached hydrogens (tertiary/aromatic N) is 4. The van der Waals surface area contributed by atoms with Crippen molar-refractivity contribution < 1.29 is 4.79 Å². The van der Waals surface area contributed by atoms with Crippen LogP contribution in [0, 0.1) is 6.92 Å². The first kappa shape index (κ1) is 17.2. The maximum absolute atomic E-state index is 13.0. The second kappa shape index (κ2) is 6.85. The average Bonchev–Trinajstić information content (AvgIpc) is 3.23. The van der Waals surface area contributed by atoms with Gasteiger partial charge in [0.1, 0.15) is 4.83 Å². The highest BCUT2D eigenvalue weighted by atomic mass is 32.1. The molecule has 2 aromatic heterocycles. The van der Waals surface area contributed by atoms with Crippen molar-refractivity contribution in [3.05, 3.63) is 47.0 Å². The number of carbonyl (C=O) groups is 1. The first-order valence-corrected chi connectivity index (χ1v) is 9.86. The minimum atomic E-state index is 0.125. The summed E-state index contributed by atoms with van der Waals surface area (Å²) in [6, 6.07) is 12.4. The molecular formula is C20H24N4OS. The lowest BCUT2D eigenvalue weighted by Gasteiger charge is -2.34. The lowest BCUT2D eigenvalue weighted by Crippen LogP contribution is -2.44. The Morgan fingerprint density at radius 3 is 2.62 bits per heavy atom. The van der Waals surface area contributed by atoms with Crippen LogP contribution in [0.3, 0.4) is 0 Å². The van der Waals surface area contributed by atoms with Crippen molar-refractivity contribution in [2.24, 2.45) is 0 Å². The molecule has 3 heterocycles. The Labute approximate surface area is 157 Å². The Morgan fingerprint density at radius 1 is 1.23 bits per heavy atom. The molecule has 1 amide bonds. The number of benzene rings is 1. The van der Waals surface area contributed by atoms with Crippen LogP contribution in [0.1, 0.15) is 28.2 Å². The topological polar surface area (TPSA) is 41.4 Å². The number of likely N-dealkylation sites (tertiary alicyclic amines) is 1. The van der Waals surface area contributed by atoms with Crippen LogP contribution < -0.4 is 0 Å². The lowest BCUT2D eigenvalue weighted by molar-refractivity contribution is 0.0664. The number of aryl methyl sites for hydroxylation is 1. The Morgan fingerprint density at radius 2 is 1.92 bits per heavy atom. The van der Waals surface area contributed by atoms with Crippen molar-refractivity contribution in [3.8, 4) is 5.69 Å². The second-order valence-electron chi connectivity index (χ2n) is 7.11. The van der Waals surface area contributed by atoms with E-state index in [0.29, 0.717) is 6.04 Å². The summed E-state index contributed by atoms with van der Waals surface area (Å²) in [7, 11) is 4.08. The van der Waals surface area contributed by atoms with Gasteiger partial charge >= 0.3 is 0 Å². The number of aromatic nitrogens is 2. The van der Waals surface area contributed by atoms with Crippen LogP contribution in [-0.2, 0) is 0 Å². The number of rotatable bonds is 3. The molecule has 0 aliphatic carbocycles. The van der Waals surface area contributed by atoms with Crippen LogP contribution in [0.5, 0.6) is 0 Å². The van der Waals surface area contributed by atoms with Crippen LogP contribution in [0.2, 0.25) is 0 Å². The van der Waals surface area contributed by atoms with Crippen molar-refractivity contribution in [1.29, 1.82) is 0 Å². The minimum absolute atomic E-state index is 0.125. The summed E-state index contributed by atoms with van der Waals surface area (Å²) in [5.74, 6) is 0.125. The van der Waals surface area contributed by atoms with E-state index in [2.05, 4.69) is 17.0 Å². The molecule has 5 nitrogen and oxygen atoms in total. The van der Waals surface area contributed by atoms with E-state index in [0.717, 1.165) is 52.4 Å². The SMILES string of the molecule is Cc1nn(-c2ccccc2)c2sc(C(=O)N(C)C3CCN(C)CC3)cc12. The molecule has 1 aromatic carbocycles. The zero-order valence-corrected chi connectivity index (χ0v) is 16.3. The van der Waals surface area contributed by atoms with Gasteiger partial charge in [0, 0.05) is 18.5 Å². The van der Waals surface area contributed by atoms with E-state index in [1.807, 2.05) is 60.0 Å². The van der Waals surface area contributed by atoms with E-state index in [1.54, 1.807) is 0 Å². The van der Waals surface area contributed by atoms with Gasteiger partial charge in [-0.1, -0.05) is 18.2 Å². The van der Waals surface area contributed by atoms with Gasteiger partial charge in [-0.15, -0.1) is 11.3 Å². The molecule has 0 radical (unpaired) electrons. The van der Waals surface area contributed by atoms with E-state index in [4.69, 9.17) is 0 Å². The van der Waals surface area contributed by atoms with Gasteiger partial charge in [-0.3, -0.25) is 4.79 Å². The van der Waals surface area contributed by atoms with Gasteiger partial charge in [0.25, 0.3) is 5.91 Å². The molecule has 26 heavy (non-hydrogen) atoms. The van der Waals surface area contributed by atoms with Crippen molar-refractivity contribution in [2.45, 2.75) is 25.8 Å². The molecule has 0 saturated carbocycles. The van der Waals surface area contributed by atoms with E-state index in [9.17, 15) is 4.79 Å². The van der Waals surface area contributed by atoms with Gasteiger partial charge in [-0.25, -0.2) is 4.68 Å². The Bertz CT molecular complexity index is 922. The first-order valence-electron chi connectivity index (χ1n) is 9.05. The molecule has 0 bridgehead atoms. The van der Waals surface area contributed by atoms with E-state index in [-0.39, 0.29) is 5.91 Å². The average molecular weight is 369 g/mol. The van der Waals surface area contributed by atoms with Gasteiger partial charge in [-0.05, 0) is 58.1 Å². The number of piperidine rings is 1. The highest BCUT2D eigenvalue weighted by molar-refractivity contribution is 7.20. The Balaban J connectivity index is 1.64. The molecule has 6 heteroatoms. The van der Waals surface area contributed by atoms with E-state index < -0.39 is 0 Å².